The number of rotatable bonds is 4. The highest BCUT2D eigenvalue weighted by Crippen LogP contribution is 2.34. The molecule has 0 saturated heterocycles. The molecule has 0 spiro atoms. The first-order valence-corrected chi connectivity index (χ1v) is 7.42. The Balaban J connectivity index is 1.54. The van der Waals surface area contributed by atoms with Gasteiger partial charge in [0.15, 0.2) is 18.1 Å². The van der Waals surface area contributed by atoms with Crippen molar-refractivity contribution in [2.24, 2.45) is 0 Å². The van der Waals surface area contributed by atoms with Crippen LogP contribution >= 0.6 is 11.3 Å². The number of fused-ring (bicyclic) bond motifs is 1. The Morgan fingerprint density at radius 1 is 1.27 bits per heavy atom. The predicted octanol–water partition coefficient (Wildman–Crippen LogP) is 2.58. The quantitative estimate of drug-likeness (QED) is 0.877. The normalized spacial score (nSPS) is 12.0. The van der Waals surface area contributed by atoms with Crippen molar-refractivity contribution in [2.75, 3.05) is 18.7 Å². The van der Waals surface area contributed by atoms with Crippen LogP contribution in [0.5, 0.6) is 11.5 Å². The van der Waals surface area contributed by atoms with Gasteiger partial charge < -0.3 is 19.5 Å². The summed E-state index contributed by atoms with van der Waals surface area (Å²) in [5.41, 5.74) is 1.39. The summed E-state index contributed by atoms with van der Waals surface area (Å²) in [6.07, 6.45) is 0. The van der Waals surface area contributed by atoms with E-state index in [2.05, 4.69) is 5.32 Å². The monoisotopic (exact) mass is 319 g/mol. The molecule has 114 valence electrons. The van der Waals surface area contributed by atoms with E-state index >= 15 is 0 Å². The van der Waals surface area contributed by atoms with E-state index in [-0.39, 0.29) is 13.4 Å². The summed E-state index contributed by atoms with van der Waals surface area (Å²) >= 11 is 1.29. The number of carbonyl (C=O) groups excluding carboxylic acids is 2. The minimum absolute atomic E-state index is 0.171. The molecule has 0 radical (unpaired) electrons. The van der Waals surface area contributed by atoms with E-state index in [1.54, 1.807) is 23.6 Å². The van der Waals surface area contributed by atoms with Crippen molar-refractivity contribution < 1.29 is 23.8 Å². The number of ether oxygens (including phenoxy) is 3. The Labute approximate surface area is 130 Å². The second-order valence-corrected chi connectivity index (χ2v) is 5.54. The number of benzene rings is 1. The lowest BCUT2D eigenvalue weighted by atomic mass is 10.3. The third kappa shape index (κ3) is 3.04. The van der Waals surface area contributed by atoms with Crippen molar-refractivity contribution in [1.29, 1.82) is 0 Å². The molecular formula is C15H13NO5S. The van der Waals surface area contributed by atoms with Gasteiger partial charge in [-0.3, -0.25) is 4.79 Å². The molecule has 2 aromatic rings. The van der Waals surface area contributed by atoms with Crippen LogP contribution in [0.15, 0.2) is 29.6 Å². The molecular weight excluding hydrogens is 306 g/mol. The first-order chi connectivity index (χ1) is 10.6. The maximum Gasteiger partial charge on any atom is 0.349 e. The highest BCUT2D eigenvalue weighted by Gasteiger charge is 2.16. The Kier molecular flexibility index (Phi) is 3.97. The van der Waals surface area contributed by atoms with Crippen LogP contribution in [0.4, 0.5) is 5.69 Å². The molecule has 1 amide bonds. The smallest absolute Gasteiger partial charge is 0.349 e. The van der Waals surface area contributed by atoms with Gasteiger partial charge in [-0.1, -0.05) is 0 Å². The average molecular weight is 319 g/mol. The van der Waals surface area contributed by atoms with E-state index in [4.69, 9.17) is 14.2 Å². The maximum atomic E-state index is 11.8. The highest BCUT2D eigenvalue weighted by atomic mass is 32.1. The van der Waals surface area contributed by atoms with Crippen LogP contribution in [0.1, 0.15) is 15.2 Å². The Bertz CT molecular complexity index is 724. The van der Waals surface area contributed by atoms with E-state index in [0.717, 1.165) is 5.56 Å². The summed E-state index contributed by atoms with van der Waals surface area (Å²) in [5, 5.41) is 4.44. The average Bonchev–Trinajstić information content (AvgIpc) is 3.12. The van der Waals surface area contributed by atoms with Gasteiger partial charge in [-0.05, 0) is 36.1 Å². The van der Waals surface area contributed by atoms with Crippen LogP contribution in [-0.2, 0) is 9.53 Å². The molecule has 1 aliphatic rings. The van der Waals surface area contributed by atoms with Crippen molar-refractivity contribution >= 4 is 28.9 Å². The van der Waals surface area contributed by atoms with Crippen LogP contribution in [0.3, 0.4) is 0 Å². The predicted molar refractivity (Wildman–Crippen MR) is 80.5 cm³/mol. The Hall–Kier alpha value is -2.54. The molecule has 7 heteroatoms. The number of aryl methyl sites for hydroxylation is 1. The molecule has 22 heavy (non-hydrogen) atoms. The lowest BCUT2D eigenvalue weighted by molar-refractivity contribution is -0.119. The lowest BCUT2D eigenvalue weighted by Crippen LogP contribution is -2.20. The number of thiophene rings is 1. The Morgan fingerprint density at radius 2 is 2.09 bits per heavy atom. The molecule has 1 aromatic carbocycles. The first kappa shape index (κ1) is 14.4. The second kappa shape index (κ2) is 6.07. The first-order valence-electron chi connectivity index (χ1n) is 6.54. The maximum absolute atomic E-state index is 11.8. The van der Waals surface area contributed by atoms with Crippen LogP contribution in [0.2, 0.25) is 0 Å². The fraction of sp³-hybridized carbons (Fsp3) is 0.200. The van der Waals surface area contributed by atoms with Crippen LogP contribution in [0.25, 0.3) is 0 Å². The fourth-order valence-corrected chi connectivity index (χ4v) is 2.77. The molecule has 0 fully saturated rings. The summed E-state index contributed by atoms with van der Waals surface area (Å²) in [5.74, 6) is 0.302. The molecule has 2 heterocycles. The fourth-order valence-electron chi connectivity index (χ4n) is 1.95. The Morgan fingerprint density at radius 3 is 2.86 bits per heavy atom. The van der Waals surface area contributed by atoms with E-state index in [9.17, 15) is 9.59 Å². The topological polar surface area (TPSA) is 73.9 Å². The van der Waals surface area contributed by atoms with E-state index in [0.29, 0.717) is 22.1 Å². The number of hydrogen-bond donors (Lipinski definition) is 1. The van der Waals surface area contributed by atoms with E-state index in [1.807, 2.05) is 13.0 Å². The van der Waals surface area contributed by atoms with Crippen LogP contribution in [0, 0.1) is 6.92 Å². The van der Waals surface area contributed by atoms with Gasteiger partial charge in [0.05, 0.1) is 0 Å². The van der Waals surface area contributed by atoms with Crippen molar-refractivity contribution in [1.82, 2.24) is 0 Å². The van der Waals surface area contributed by atoms with Crippen molar-refractivity contribution in [3.05, 3.63) is 40.1 Å². The zero-order chi connectivity index (χ0) is 15.5. The number of carbonyl (C=O) groups is 2. The summed E-state index contributed by atoms with van der Waals surface area (Å²) in [6.45, 7) is 1.65. The number of amides is 1. The molecule has 0 atom stereocenters. The molecule has 0 aliphatic carbocycles. The SMILES string of the molecule is Cc1ccsc1C(=O)OCC(=O)Nc1ccc2c(c1)OCO2. The van der Waals surface area contributed by atoms with Gasteiger partial charge >= 0.3 is 5.97 Å². The van der Waals surface area contributed by atoms with Gasteiger partial charge in [-0.15, -0.1) is 11.3 Å². The third-order valence-electron chi connectivity index (χ3n) is 3.04. The van der Waals surface area contributed by atoms with Gasteiger partial charge in [-0.25, -0.2) is 4.79 Å². The van der Waals surface area contributed by atoms with Crippen molar-refractivity contribution in [2.45, 2.75) is 6.92 Å². The molecule has 0 unspecified atom stereocenters. The zero-order valence-electron chi connectivity index (χ0n) is 11.8. The van der Waals surface area contributed by atoms with Gasteiger partial charge in [0.1, 0.15) is 4.88 Å². The van der Waals surface area contributed by atoms with E-state index < -0.39 is 11.9 Å². The minimum atomic E-state index is -0.492. The number of nitrogens with one attached hydrogen (secondary N) is 1. The molecule has 1 aromatic heterocycles. The summed E-state index contributed by atoms with van der Waals surface area (Å²) < 4.78 is 15.4. The van der Waals surface area contributed by atoms with Crippen LogP contribution in [-0.4, -0.2) is 25.3 Å². The third-order valence-corrected chi connectivity index (χ3v) is 4.03. The van der Waals surface area contributed by atoms with Crippen LogP contribution < -0.4 is 14.8 Å². The zero-order valence-corrected chi connectivity index (χ0v) is 12.6. The summed E-state index contributed by atoms with van der Waals surface area (Å²) in [6, 6.07) is 6.88. The minimum Gasteiger partial charge on any atom is -0.454 e. The number of hydrogen-bond acceptors (Lipinski definition) is 6. The summed E-state index contributed by atoms with van der Waals surface area (Å²) in [4.78, 5) is 24.1. The largest absolute Gasteiger partial charge is 0.454 e. The van der Waals surface area contributed by atoms with Gasteiger partial charge in [0.2, 0.25) is 6.79 Å². The molecule has 6 nitrogen and oxygen atoms in total. The number of esters is 1. The molecule has 1 aliphatic heterocycles. The lowest BCUT2D eigenvalue weighted by Gasteiger charge is -2.07. The van der Waals surface area contributed by atoms with E-state index in [1.165, 1.54) is 11.3 Å². The standard InChI is InChI=1S/C15H13NO5S/c1-9-4-5-22-14(9)15(18)19-7-13(17)16-10-2-3-11-12(6-10)21-8-20-11/h2-6H,7-8H2,1H3,(H,16,17). The molecule has 0 saturated carbocycles. The van der Waals surface area contributed by atoms with Crippen molar-refractivity contribution in [3.8, 4) is 11.5 Å². The van der Waals surface area contributed by atoms with Gasteiger partial charge in [0.25, 0.3) is 5.91 Å². The molecule has 3 rings (SSSR count). The highest BCUT2D eigenvalue weighted by molar-refractivity contribution is 7.12. The summed E-state index contributed by atoms with van der Waals surface area (Å²) in [7, 11) is 0. The number of anilines is 1. The molecule has 0 bridgehead atoms. The van der Waals surface area contributed by atoms with Gasteiger partial charge in [0, 0.05) is 11.8 Å². The van der Waals surface area contributed by atoms with Gasteiger partial charge in [-0.2, -0.15) is 0 Å². The van der Waals surface area contributed by atoms with Crippen molar-refractivity contribution in [3.63, 3.8) is 0 Å². The second-order valence-electron chi connectivity index (χ2n) is 4.63. The molecule has 1 N–H and O–H groups in total.